The van der Waals surface area contributed by atoms with Gasteiger partial charge in [0.05, 0.1) is 30.7 Å². The maximum absolute atomic E-state index is 14.4. The topological polar surface area (TPSA) is 246 Å². The molecule has 0 saturated carbocycles. The van der Waals surface area contributed by atoms with Crippen molar-refractivity contribution in [2.45, 2.75) is 85.3 Å². The minimum Gasteiger partial charge on any atom is -0.481 e. The number of nitriles is 1. The van der Waals surface area contributed by atoms with Gasteiger partial charge in [0, 0.05) is 18.3 Å². The number of carboxylic acids is 2. The highest BCUT2D eigenvalue weighted by atomic mass is 31.2. The molecule has 17 nitrogen and oxygen atoms in total. The van der Waals surface area contributed by atoms with Gasteiger partial charge in [0.15, 0.2) is 5.60 Å². The van der Waals surface area contributed by atoms with Gasteiger partial charge >= 0.3 is 37.7 Å². The van der Waals surface area contributed by atoms with Crippen LogP contribution < -0.4 is 14.9 Å². The lowest BCUT2D eigenvalue weighted by molar-refractivity contribution is -0.161. The molecule has 3 rings (SSSR count). The predicted octanol–water partition coefficient (Wildman–Crippen LogP) is 4.88. The molecule has 6 atom stereocenters. The molecule has 0 radical (unpaired) electrons. The Bertz CT molecular complexity index is 1810. The number of carbonyl (C=O) groups is 5. The molecule has 56 heavy (non-hydrogen) atoms. The number of ether oxygens (including phenoxy) is 4. The van der Waals surface area contributed by atoms with Crippen LogP contribution in [0.5, 0.6) is 5.75 Å². The number of carbonyl (C=O) groups excluding carboxylic acids is 3. The Morgan fingerprint density at radius 3 is 2.09 bits per heavy atom. The second kappa shape index (κ2) is 18.8. The lowest BCUT2D eigenvalue weighted by Gasteiger charge is -2.42. The molecule has 1 heterocycles. The number of aliphatic carboxylic acids is 2. The fourth-order valence-electron chi connectivity index (χ4n) is 6.23. The maximum atomic E-state index is 14.4. The lowest BCUT2D eigenvalue weighted by Crippen LogP contribution is -2.53. The number of esters is 2. The Hall–Kier alpha value is -5.01. The van der Waals surface area contributed by atoms with E-state index in [1.807, 2.05) is 12.1 Å². The Morgan fingerprint density at radius 1 is 0.946 bits per heavy atom. The van der Waals surface area contributed by atoms with E-state index in [-0.39, 0.29) is 25.4 Å². The third-order valence-corrected chi connectivity index (χ3v) is 11.1. The van der Waals surface area contributed by atoms with Gasteiger partial charge in [-0.1, -0.05) is 42.5 Å². The summed E-state index contributed by atoms with van der Waals surface area (Å²) >= 11 is 0. The van der Waals surface area contributed by atoms with Gasteiger partial charge in [-0.3, -0.25) is 18.9 Å². The minimum absolute atomic E-state index is 0.0318. The van der Waals surface area contributed by atoms with Crippen molar-refractivity contribution in [3.8, 4) is 11.8 Å². The van der Waals surface area contributed by atoms with Gasteiger partial charge in [0.25, 0.3) is 0 Å². The molecule has 2 aromatic carbocycles. The predicted molar refractivity (Wildman–Crippen MR) is 198 cm³/mol. The van der Waals surface area contributed by atoms with Gasteiger partial charge in [-0.05, 0) is 71.7 Å². The molecule has 18 heteroatoms. The molecule has 1 amide bonds. The summed E-state index contributed by atoms with van der Waals surface area (Å²) in [6.45, 7) is 8.85. The zero-order valence-corrected chi connectivity index (χ0v) is 33.5. The first-order chi connectivity index (χ1) is 26.1. The molecular weight excluding hydrogens is 753 g/mol. The zero-order chi connectivity index (χ0) is 42.1. The van der Waals surface area contributed by atoms with Gasteiger partial charge in [-0.25, -0.2) is 14.2 Å². The summed E-state index contributed by atoms with van der Waals surface area (Å²) in [4.78, 5) is 62.8. The SMILES string of the molecule is COC(=O)[C@H](C)NP(=O)(OCC1(C#N)OCC(C(C)(C)C(=O)O)C1C(C)(C)C(=O)O)Oc1ccc(C[C@H](NC(=O)OCc2ccccc2)C(=O)OC(C)C)cc1. The van der Waals surface area contributed by atoms with E-state index in [9.17, 15) is 44.0 Å². The van der Waals surface area contributed by atoms with E-state index < -0.39 is 90.8 Å². The maximum Gasteiger partial charge on any atom is 0.459 e. The van der Waals surface area contributed by atoms with Gasteiger partial charge in [0.1, 0.15) is 37.1 Å². The van der Waals surface area contributed by atoms with Crippen molar-refractivity contribution in [1.29, 1.82) is 5.26 Å². The standard InChI is InChI=1S/C38H50N3O14P/c1-23(2)54-32(43)29(40-35(48)51-19-26-12-10-9-11-13-26)18-25-14-16-27(17-15-25)55-56(49,41-24(3)31(42)50-8)53-22-38(21-39)30(37(6,7)34(46)47)28(20-52-38)36(4,5)33(44)45/h9-17,23-24,28-30H,18-20,22H2,1-8H3,(H,40,48)(H,41,49)(H,44,45)(H,46,47)/t24-,28?,29-,30?,38?,56?/m0/s1. The van der Waals surface area contributed by atoms with Crippen LogP contribution in [0.4, 0.5) is 4.79 Å². The first-order valence-electron chi connectivity index (χ1n) is 17.7. The summed E-state index contributed by atoms with van der Waals surface area (Å²) in [5.74, 6) is -6.52. The van der Waals surface area contributed by atoms with Crippen molar-refractivity contribution in [1.82, 2.24) is 10.4 Å². The smallest absolute Gasteiger partial charge is 0.459 e. The number of hydrogen-bond donors (Lipinski definition) is 4. The molecule has 1 aliphatic heterocycles. The van der Waals surface area contributed by atoms with Crippen molar-refractivity contribution in [2.24, 2.45) is 22.7 Å². The van der Waals surface area contributed by atoms with Crippen molar-refractivity contribution < 1.29 is 66.7 Å². The molecule has 4 N–H and O–H groups in total. The number of rotatable bonds is 19. The highest BCUT2D eigenvalue weighted by Gasteiger charge is 2.64. The first kappa shape index (κ1) is 45.4. The lowest BCUT2D eigenvalue weighted by atomic mass is 9.59. The van der Waals surface area contributed by atoms with E-state index in [1.54, 1.807) is 38.1 Å². The van der Waals surface area contributed by atoms with Crippen LogP contribution in [0.25, 0.3) is 0 Å². The third kappa shape index (κ3) is 11.3. The second-order valence-corrected chi connectivity index (χ2v) is 16.5. The number of nitrogens with one attached hydrogen (secondary N) is 2. The summed E-state index contributed by atoms with van der Waals surface area (Å²) in [7, 11) is -3.57. The number of amides is 1. The molecule has 1 saturated heterocycles. The van der Waals surface area contributed by atoms with Crippen LogP contribution in [0.1, 0.15) is 59.6 Å². The molecule has 0 aromatic heterocycles. The fourth-order valence-corrected chi connectivity index (χ4v) is 7.75. The fraction of sp³-hybridized carbons (Fsp3) is 0.526. The average molecular weight is 804 g/mol. The molecule has 4 unspecified atom stereocenters. The van der Waals surface area contributed by atoms with Crippen molar-refractivity contribution >= 4 is 37.7 Å². The van der Waals surface area contributed by atoms with E-state index >= 15 is 0 Å². The second-order valence-electron chi connectivity index (χ2n) is 14.8. The van der Waals surface area contributed by atoms with Crippen LogP contribution in [0.2, 0.25) is 0 Å². The monoisotopic (exact) mass is 803 g/mol. The molecule has 306 valence electrons. The van der Waals surface area contributed by atoms with Crippen LogP contribution in [0.3, 0.4) is 0 Å². The van der Waals surface area contributed by atoms with Crippen LogP contribution in [0.15, 0.2) is 54.6 Å². The largest absolute Gasteiger partial charge is 0.481 e. The number of alkyl carbamates (subject to hydrolysis) is 1. The van der Waals surface area contributed by atoms with E-state index in [2.05, 4.69) is 10.4 Å². The normalized spacial score (nSPS) is 20.4. The first-order valence-corrected chi connectivity index (χ1v) is 19.2. The highest BCUT2D eigenvalue weighted by Crippen LogP contribution is 2.55. The summed E-state index contributed by atoms with van der Waals surface area (Å²) in [6.07, 6.45) is -1.38. The molecule has 1 aliphatic rings. The van der Waals surface area contributed by atoms with Crippen LogP contribution in [0, 0.1) is 34.0 Å². The van der Waals surface area contributed by atoms with Crippen molar-refractivity contribution in [3.63, 3.8) is 0 Å². The molecule has 0 aliphatic carbocycles. The van der Waals surface area contributed by atoms with Crippen molar-refractivity contribution in [2.75, 3.05) is 20.3 Å². The Morgan fingerprint density at radius 2 is 1.55 bits per heavy atom. The quantitative estimate of drug-likeness (QED) is 0.0840. The minimum atomic E-state index is -4.67. The van der Waals surface area contributed by atoms with Gasteiger partial charge in [-0.2, -0.15) is 10.3 Å². The molecular formula is C38H50N3O14P. The zero-order valence-electron chi connectivity index (χ0n) is 32.6. The third-order valence-electron chi connectivity index (χ3n) is 9.51. The Kier molecular flexibility index (Phi) is 15.2. The Balaban J connectivity index is 1.89. The van der Waals surface area contributed by atoms with E-state index in [1.165, 1.54) is 58.9 Å². The van der Waals surface area contributed by atoms with Gasteiger partial charge < -0.3 is 39.0 Å². The van der Waals surface area contributed by atoms with E-state index in [0.717, 1.165) is 12.7 Å². The number of hydrogen-bond acceptors (Lipinski definition) is 13. The number of nitrogens with zero attached hydrogens (tertiary/aromatic N) is 1. The number of benzene rings is 2. The summed E-state index contributed by atoms with van der Waals surface area (Å²) in [6, 6.07) is 14.2. The number of carboxylic acid groups (broad SMARTS) is 2. The van der Waals surface area contributed by atoms with Crippen LogP contribution >= 0.6 is 7.75 Å². The highest BCUT2D eigenvalue weighted by molar-refractivity contribution is 7.52. The van der Waals surface area contributed by atoms with Crippen LogP contribution in [-0.4, -0.2) is 84.3 Å². The summed E-state index contributed by atoms with van der Waals surface area (Å²) in [5.41, 5.74) is -4.18. The molecule has 2 aromatic rings. The average Bonchev–Trinajstić information content (AvgIpc) is 3.55. The van der Waals surface area contributed by atoms with E-state index in [0.29, 0.717) is 5.56 Å². The number of methoxy groups -OCH3 is 1. The summed E-state index contributed by atoms with van der Waals surface area (Å²) in [5, 5.41) is 35.7. The van der Waals surface area contributed by atoms with Gasteiger partial charge in [0.2, 0.25) is 0 Å². The molecule has 1 fully saturated rings. The van der Waals surface area contributed by atoms with Crippen LogP contribution in [-0.2, 0) is 60.2 Å². The van der Waals surface area contributed by atoms with E-state index in [4.69, 9.17) is 28.0 Å². The Labute approximate surface area is 325 Å². The molecule has 0 spiro atoms. The van der Waals surface area contributed by atoms with Gasteiger partial charge in [-0.15, -0.1) is 0 Å². The summed E-state index contributed by atoms with van der Waals surface area (Å²) < 4.78 is 47.2. The molecule has 0 bridgehead atoms. The van der Waals surface area contributed by atoms with Crippen molar-refractivity contribution in [3.05, 3.63) is 65.7 Å².